The minimum atomic E-state index is -0.445. The first kappa shape index (κ1) is 13.1. The lowest BCUT2D eigenvalue weighted by atomic mass is 10.2. The predicted octanol–water partition coefficient (Wildman–Crippen LogP) is 3.32. The summed E-state index contributed by atoms with van der Waals surface area (Å²) in [6, 6.07) is 10.0. The Bertz CT molecular complexity index is 663. The number of hydrogen-bond donors (Lipinski definition) is 0. The van der Waals surface area contributed by atoms with E-state index in [9.17, 15) is 10.1 Å². The monoisotopic (exact) mass is 271 g/mol. The molecule has 2 rings (SSSR count). The highest BCUT2D eigenvalue weighted by atomic mass is 32.2. The van der Waals surface area contributed by atoms with Gasteiger partial charge in [0.05, 0.1) is 10.5 Å². The second kappa shape index (κ2) is 5.50. The summed E-state index contributed by atoms with van der Waals surface area (Å²) in [6.07, 6.45) is 1.69. The molecule has 5 nitrogen and oxygen atoms in total. The first-order chi connectivity index (χ1) is 9.10. The molecule has 1 aromatic heterocycles. The third-order valence-corrected chi connectivity index (χ3v) is 3.40. The molecule has 94 valence electrons. The minimum absolute atomic E-state index is 0.0433. The first-order valence-electron chi connectivity index (χ1n) is 5.39. The van der Waals surface area contributed by atoms with Gasteiger partial charge in [0, 0.05) is 23.2 Å². The van der Waals surface area contributed by atoms with Crippen molar-refractivity contribution in [2.45, 2.75) is 16.8 Å². The van der Waals surface area contributed by atoms with Gasteiger partial charge in [-0.25, -0.2) is 4.98 Å². The second-order valence-electron chi connectivity index (χ2n) is 3.83. The summed E-state index contributed by atoms with van der Waals surface area (Å²) in [5, 5.41) is 20.2. The Balaban J connectivity index is 2.26. The van der Waals surface area contributed by atoms with Crippen molar-refractivity contribution in [2.75, 3.05) is 0 Å². The molecule has 0 spiro atoms. The van der Waals surface area contributed by atoms with Crippen LogP contribution in [0.5, 0.6) is 0 Å². The summed E-state index contributed by atoms with van der Waals surface area (Å²) in [6.45, 7) is 1.87. The average Bonchev–Trinajstić information content (AvgIpc) is 2.41. The van der Waals surface area contributed by atoms with Crippen molar-refractivity contribution in [1.29, 1.82) is 5.26 Å². The van der Waals surface area contributed by atoms with Gasteiger partial charge in [0.15, 0.2) is 0 Å². The quantitative estimate of drug-likeness (QED) is 0.632. The molecule has 0 atom stereocenters. The van der Waals surface area contributed by atoms with E-state index in [0.29, 0.717) is 10.6 Å². The van der Waals surface area contributed by atoms with Crippen LogP contribution in [0.4, 0.5) is 5.69 Å². The maximum atomic E-state index is 10.6. The number of hydrogen-bond acceptors (Lipinski definition) is 5. The minimum Gasteiger partial charge on any atom is -0.258 e. The number of pyridine rings is 1. The Hall–Kier alpha value is -2.39. The molecule has 0 bridgehead atoms. The maximum absolute atomic E-state index is 10.6. The fourth-order valence-electron chi connectivity index (χ4n) is 1.47. The lowest BCUT2D eigenvalue weighted by Gasteiger charge is -2.03. The van der Waals surface area contributed by atoms with Gasteiger partial charge in [0.2, 0.25) is 0 Å². The van der Waals surface area contributed by atoms with Crippen molar-refractivity contribution in [3.05, 3.63) is 57.8 Å². The molecule has 0 N–H and O–H groups in total. The zero-order chi connectivity index (χ0) is 13.8. The Labute approximate surface area is 114 Å². The van der Waals surface area contributed by atoms with Crippen LogP contribution in [0, 0.1) is 28.4 Å². The Morgan fingerprint density at radius 2 is 2.05 bits per heavy atom. The molecule has 0 aliphatic rings. The highest BCUT2D eigenvalue weighted by Crippen LogP contribution is 2.29. The Morgan fingerprint density at radius 3 is 2.63 bits per heavy atom. The molecule has 0 unspecified atom stereocenters. The van der Waals surface area contributed by atoms with Crippen LogP contribution in [-0.2, 0) is 0 Å². The smallest absolute Gasteiger partial charge is 0.258 e. The molecule has 0 aliphatic carbocycles. The van der Waals surface area contributed by atoms with E-state index in [4.69, 9.17) is 5.26 Å². The zero-order valence-corrected chi connectivity index (χ0v) is 10.8. The van der Waals surface area contributed by atoms with Crippen LogP contribution in [0.1, 0.15) is 11.1 Å². The lowest BCUT2D eigenvalue weighted by molar-refractivity contribution is -0.384. The highest BCUT2D eigenvalue weighted by molar-refractivity contribution is 7.99. The highest BCUT2D eigenvalue weighted by Gasteiger charge is 2.08. The third kappa shape index (κ3) is 3.09. The van der Waals surface area contributed by atoms with Gasteiger partial charge in [0.1, 0.15) is 11.1 Å². The molecule has 1 heterocycles. The van der Waals surface area contributed by atoms with Gasteiger partial charge >= 0.3 is 0 Å². The van der Waals surface area contributed by atoms with Crippen molar-refractivity contribution in [3.8, 4) is 6.07 Å². The SMILES string of the molecule is Cc1cnc(Sc2ccc([N+](=O)[O-])cc2)c(C#N)c1. The molecule has 0 aliphatic heterocycles. The lowest BCUT2D eigenvalue weighted by Crippen LogP contribution is -1.89. The normalized spacial score (nSPS) is 9.89. The van der Waals surface area contributed by atoms with Gasteiger partial charge in [-0.05, 0) is 30.7 Å². The molecular formula is C13H9N3O2S. The van der Waals surface area contributed by atoms with Crippen LogP contribution in [0.25, 0.3) is 0 Å². The first-order valence-corrected chi connectivity index (χ1v) is 6.21. The molecule has 0 amide bonds. The van der Waals surface area contributed by atoms with Gasteiger partial charge in [0.25, 0.3) is 5.69 Å². The summed E-state index contributed by atoms with van der Waals surface area (Å²) < 4.78 is 0. The van der Waals surface area contributed by atoms with Crippen LogP contribution < -0.4 is 0 Å². The molecular weight excluding hydrogens is 262 g/mol. The van der Waals surface area contributed by atoms with E-state index in [0.717, 1.165) is 10.5 Å². The van der Waals surface area contributed by atoms with Gasteiger partial charge < -0.3 is 0 Å². The largest absolute Gasteiger partial charge is 0.269 e. The predicted molar refractivity (Wildman–Crippen MR) is 70.9 cm³/mol. The molecule has 0 radical (unpaired) electrons. The number of nitrogens with zero attached hydrogens (tertiary/aromatic N) is 3. The Kier molecular flexibility index (Phi) is 3.78. The van der Waals surface area contributed by atoms with Crippen LogP contribution >= 0.6 is 11.8 Å². The van der Waals surface area contributed by atoms with Crippen molar-refractivity contribution in [3.63, 3.8) is 0 Å². The van der Waals surface area contributed by atoms with E-state index < -0.39 is 4.92 Å². The standard InChI is InChI=1S/C13H9N3O2S/c1-9-6-10(7-14)13(15-8-9)19-12-4-2-11(3-5-12)16(17)18/h2-6,8H,1H3. The molecule has 0 saturated carbocycles. The van der Waals surface area contributed by atoms with E-state index in [2.05, 4.69) is 11.1 Å². The second-order valence-corrected chi connectivity index (χ2v) is 4.89. The number of nitro benzene ring substituents is 1. The van der Waals surface area contributed by atoms with Gasteiger partial charge in [-0.15, -0.1) is 0 Å². The van der Waals surface area contributed by atoms with Crippen LogP contribution in [-0.4, -0.2) is 9.91 Å². The van der Waals surface area contributed by atoms with Crippen molar-refractivity contribution in [2.24, 2.45) is 0 Å². The fraction of sp³-hybridized carbons (Fsp3) is 0.0769. The molecule has 0 saturated heterocycles. The summed E-state index contributed by atoms with van der Waals surface area (Å²) in [7, 11) is 0. The molecule has 19 heavy (non-hydrogen) atoms. The van der Waals surface area contributed by atoms with E-state index in [-0.39, 0.29) is 5.69 Å². The third-order valence-electron chi connectivity index (χ3n) is 2.37. The number of aromatic nitrogens is 1. The maximum Gasteiger partial charge on any atom is 0.269 e. The number of aryl methyl sites for hydroxylation is 1. The molecule has 6 heteroatoms. The van der Waals surface area contributed by atoms with Crippen LogP contribution in [0.3, 0.4) is 0 Å². The van der Waals surface area contributed by atoms with Crippen LogP contribution in [0.15, 0.2) is 46.5 Å². The summed E-state index contributed by atoms with van der Waals surface area (Å²) in [5.41, 5.74) is 1.47. The van der Waals surface area contributed by atoms with Crippen molar-refractivity contribution in [1.82, 2.24) is 4.98 Å². The fourth-order valence-corrected chi connectivity index (χ4v) is 2.28. The number of non-ortho nitro benzene ring substituents is 1. The number of nitro groups is 1. The van der Waals surface area contributed by atoms with Crippen LogP contribution in [0.2, 0.25) is 0 Å². The Morgan fingerprint density at radius 1 is 1.37 bits per heavy atom. The molecule has 1 aromatic carbocycles. The van der Waals surface area contributed by atoms with Crippen molar-refractivity contribution >= 4 is 17.4 Å². The summed E-state index contributed by atoms with van der Waals surface area (Å²) >= 11 is 1.31. The van der Waals surface area contributed by atoms with Gasteiger partial charge in [-0.2, -0.15) is 5.26 Å². The topological polar surface area (TPSA) is 79.8 Å². The molecule has 0 fully saturated rings. The summed E-state index contributed by atoms with van der Waals surface area (Å²) in [5.74, 6) is 0. The van der Waals surface area contributed by atoms with Gasteiger partial charge in [-0.1, -0.05) is 11.8 Å². The zero-order valence-electron chi connectivity index (χ0n) is 10.0. The molecule has 2 aromatic rings. The van der Waals surface area contributed by atoms with E-state index in [1.165, 1.54) is 23.9 Å². The number of benzene rings is 1. The number of nitriles is 1. The van der Waals surface area contributed by atoms with E-state index >= 15 is 0 Å². The number of rotatable bonds is 3. The van der Waals surface area contributed by atoms with Crippen molar-refractivity contribution < 1.29 is 4.92 Å². The van der Waals surface area contributed by atoms with E-state index in [1.54, 1.807) is 24.4 Å². The summed E-state index contributed by atoms with van der Waals surface area (Å²) in [4.78, 5) is 15.1. The van der Waals surface area contributed by atoms with E-state index in [1.807, 2.05) is 6.92 Å². The average molecular weight is 271 g/mol. The van der Waals surface area contributed by atoms with Gasteiger partial charge in [-0.3, -0.25) is 10.1 Å².